The molecule has 1 heterocycles. The van der Waals surface area contributed by atoms with Crippen LogP contribution in [0.3, 0.4) is 0 Å². The summed E-state index contributed by atoms with van der Waals surface area (Å²) in [5, 5.41) is 7.92. The molecule has 0 aliphatic carbocycles. The summed E-state index contributed by atoms with van der Waals surface area (Å²) >= 11 is 0. The van der Waals surface area contributed by atoms with E-state index in [0.717, 1.165) is 18.5 Å². The highest BCUT2D eigenvalue weighted by Gasteiger charge is 2.07. The minimum absolute atomic E-state index is 0.0964. The largest absolute Gasteiger partial charge is 0.327 e. The molecule has 1 unspecified atom stereocenters. The van der Waals surface area contributed by atoms with E-state index in [1.807, 2.05) is 31.4 Å². The van der Waals surface area contributed by atoms with Gasteiger partial charge in [0.15, 0.2) is 0 Å². The van der Waals surface area contributed by atoms with E-state index in [1.165, 1.54) is 5.56 Å². The van der Waals surface area contributed by atoms with E-state index in [-0.39, 0.29) is 6.04 Å². The van der Waals surface area contributed by atoms with Gasteiger partial charge in [0.05, 0.1) is 5.69 Å². The first-order valence-electron chi connectivity index (χ1n) is 5.39. The van der Waals surface area contributed by atoms with Crippen LogP contribution < -0.4 is 5.73 Å². The summed E-state index contributed by atoms with van der Waals surface area (Å²) in [4.78, 5) is 0. The highest BCUT2D eigenvalue weighted by molar-refractivity contribution is 5.16. The first kappa shape index (κ1) is 10.8. The van der Waals surface area contributed by atoms with Crippen molar-refractivity contribution in [2.75, 3.05) is 0 Å². The Morgan fingerprint density at radius 2 is 2.00 bits per heavy atom. The summed E-state index contributed by atoms with van der Waals surface area (Å²) in [6.07, 6.45) is 3.55. The van der Waals surface area contributed by atoms with Crippen molar-refractivity contribution < 1.29 is 0 Å². The van der Waals surface area contributed by atoms with E-state index in [0.29, 0.717) is 0 Å². The Morgan fingerprint density at radius 1 is 1.25 bits per heavy atom. The smallest absolute Gasteiger partial charge is 0.0842 e. The van der Waals surface area contributed by atoms with Crippen LogP contribution in [0, 0.1) is 0 Å². The van der Waals surface area contributed by atoms with Crippen LogP contribution >= 0.6 is 0 Å². The van der Waals surface area contributed by atoms with Crippen molar-refractivity contribution in [3.63, 3.8) is 0 Å². The normalized spacial score (nSPS) is 12.6. The van der Waals surface area contributed by atoms with E-state index in [9.17, 15) is 0 Å². The van der Waals surface area contributed by atoms with Gasteiger partial charge in [-0.1, -0.05) is 35.5 Å². The molecule has 0 spiro atoms. The number of aromatic nitrogens is 3. The van der Waals surface area contributed by atoms with Crippen LogP contribution in [0.4, 0.5) is 0 Å². The summed E-state index contributed by atoms with van der Waals surface area (Å²) in [5.41, 5.74) is 8.28. The zero-order chi connectivity index (χ0) is 11.4. The zero-order valence-corrected chi connectivity index (χ0v) is 9.37. The van der Waals surface area contributed by atoms with Crippen LogP contribution in [-0.2, 0) is 19.9 Å². The van der Waals surface area contributed by atoms with Crippen molar-refractivity contribution in [3.8, 4) is 0 Å². The van der Waals surface area contributed by atoms with E-state index >= 15 is 0 Å². The Morgan fingerprint density at radius 3 is 2.62 bits per heavy atom. The topological polar surface area (TPSA) is 56.7 Å². The van der Waals surface area contributed by atoms with Crippen molar-refractivity contribution in [2.24, 2.45) is 12.8 Å². The molecule has 0 saturated heterocycles. The Kier molecular flexibility index (Phi) is 3.31. The maximum Gasteiger partial charge on any atom is 0.0842 e. The summed E-state index contributed by atoms with van der Waals surface area (Å²) in [6.45, 7) is 0. The average Bonchev–Trinajstić information content (AvgIpc) is 2.65. The van der Waals surface area contributed by atoms with Gasteiger partial charge in [0.25, 0.3) is 0 Å². The van der Waals surface area contributed by atoms with E-state index in [4.69, 9.17) is 5.73 Å². The maximum absolute atomic E-state index is 6.07. The first-order valence-corrected chi connectivity index (χ1v) is 5.39. The molecule has 4 nitrogen and oxygen atoms in total. The van der Waals surface area contributed by atoms with Gasteiger partial charge in [0.1, 0.15) is 0 Å². The fourth-order valence-corrected chi connectivity index (χ4v) is 1.75. The third-order valence-electron chi connectivity index (χ3n) is 2.46. The molecule has 16 heavy (non-hydrogen) atoms. The highest BCUT2D eigenvalue weighted by Crippen LogP contribution is 2.05. The lowest BCUT2D eigenvalue weighted by Gasteiger charge is -2.09. The summed E-state index contributed by atoms with van der Waals surface area (Å²) in [5.74, 6) is 0. The minimum Gasteiger partial charge on any atom is -0.327 e. The predicted octanol–water partition coefficient (Wildman–Crippen LogP) is 0.928. The Hall–Kier alpha value is -1.68. The van der Waals surface area contributed by atoms with Gasteiger partial charge in [-0.3, -0.25) is 4.68 Å². The number of aryl methyl sites for hydroxylation is 1. The summed E-state index contributed by atoms with van der Waals surface area (Å²) in [6, 6.07) is 10.4. The second-order valence-corrected chi connectivity index (χ2v) is 4.04. The molecule has 84 valence electrons. The third-order valence-corrected chi connectivity index (χ3v) is 2.46. The first-order chi connectivity index (χ1) is 7.74. The molecule has 1 aromatic carbocycles. The Balaban J connectivity index is 1.92. The molecule has 1 aromatic heterocycles. The summed E-state index contributed by atoms with van der Waals surface area (Å²) < 4.78 is 1.70. The lowest BCUT2D eigenvalue weighted by molar-refractivity contribution is 0.651. The number of rotatable bonds is 4. The van der Waals surface area contributed by atoms with Gasteiger partial charge in [-0.05, 0) is 12.0 Å². The maximum atomic E-state index is 6.07. The van der Waals surface area contributed by atoms with Crippen molar-refractivity contribution in [1.82, 2.24) is 15.0 Å². The van der Waals surface area contributed by atoms with E-state index in [2.05, 4.69) is 22.4 Å². The average molecular weight is 216 g/mol. The van der Waals surface area contributed by atoms with Gasteiger partial charge < -0.3 is 5.73 Å². The van der Waals surface area contributed by atoms with Gasteiger partial charge in [0, 0.05) is 25.7 Å². The molecule has 0 bridgehead atoms. The van der Waals surface area contributed by atoms with Gasteiger partial charge >= 0.3 is 0 Å². The van der Waals surface area contributed by atoms with Crippen LogP contribution in [0.15, 0.2) is 36.5 Å². The summed E-state index contributed by atoms with van der Waals surface area (Å²) in [7, 11) is 1.86. The minimum atomic E-state index is 0.0964. The molecule has 2 rings (SSSR count). The van der Waals surface area contributed by atoms with Gasteiger partial charge in [-0.15, -0.1) is 5.10 Å². The van der Waals surface area contributed by atoms with Crippen molar-refractivity contribution >= 4 is 0 Å². The second kappa shape index (κ2) is 4.90. The van der Waals surface area contributed by atoms with Gasteiger partial charge in [0.2, 0.25) is 0 Å². The molecular weight excluding hydrogens is 200 g/mol. The molecule has 0 saturated carbocycles. The van der Waals surface area contributed by atoms with Crippen LogP contribution in [0.25, 0.3) is 0 Å². The lowest BCUT2D eigenvalue weighted by atomic mass is 10.0. The van der Waals surface area contributed by atoms with Crippen molar-refractivity contribution in [3.05, 3.63) is 47.8 Å². The van der Waals surface area contributed by atoms with Crippen LogP contribution in [0.5, 0.6) is 0 Å². The standard InChI is InChI=1S/C12H16N4/c1-16-9-12(14-15-16)8-11(13)7-10-5-3-2-4-6-10/h2-6,9,11H,7-8,13H2,1H3. The fraction of sp³-hybridized carbons (Fsp3) is 0.333. The molecule has 0 aliphatic heterocycles. The molecule has 0 radical (unpaired) electrons. The van der Waals surface area contributed by atoms with Crippen LogP contribution in [0.2, 0.25) is 0 Å². The molecule has 2 N–H and O–H groups in total. The van der Waals surface area contributed by atoms with Gasteiger partial charge in [-0.2, -0.15) is 0 Å². The van der Waals surface area contributed by atoms with Crippen LogP contribution in [-0.4, -0.2) is 21.0 Å². The second-order valence-electron chi connectivity index (χ2n) is 4.04. The number of hydrogen-bond donors (Lipinski definition) is 1. The number of hydrogen-bond acceptors (Lipinski definition) is 3. The number of nitrogens with two attached hydrogens (primary N) is 1. The van der Waals surface area contributed by atoms with Gasteiger partial charge in [-0.25, -0.2) is 0 Å². The molecule has 4 heteroatoms. The molecular formula is C12H16N4. The Bertz CT molecular complexity index is 435. The SMILES string of the molecule is Cn1cc(CC(N)Cc2ccccc2)nn1. The van der Waals surface area contributed by atoms with E-state index in [1.54, 1.807) is 4.68 Å². The fourth-order valence-electron chi connectivity index (χ4n) is 1.75. The third kappa shape index (κ3) is 2.90. The number of benzene rings is 1. The molecule has 2 aromatic rings. The molecule has 0 aliphatic rings. The quantitative estimate of drug-likeness (QED) is 0.827. The highest BCUT2D eigenvalue weighted by atomic mass is 15.4. The number of nitrogens with zero attached hydrogens (tertiary/aromatic N) is 3. The van der Waals surface area contributed by atoms with E-state index < -0.39 is 0 Å². The lowest BCUT2D eigenvalue weighted by Crippen LogP contribution is -2.25. The monoisotopic (exact) mass is 216 g/mol. The van der Waals surface area contributed by atoms with Crippen LogP contribution in [0.1, 0.15) is 11.3 Å². The van der Waals surface area contributed by atoms with Crippen molar-refractivity contribution in [2.45, 2.75) is 18.9 Å². The molecule has 0 amide bonds. The zero-order valence-electron chi connectivity index (χ0n) is 9.37. The Labute approximate surface area is 95.1 Å². The molecule has 0 fully saturated rings. The van der Waals surface area contributed by atoms with Crippen molar-refractivity contribution in [1.29, 1.82) is 0 Å². The molecule has 1 atom stereocenters. The predicted molar refractivity (Wildman–Crippen MR) is 62.8 cm³/mol.